The van der Waals surface area contributed by atoms with Gasteiger partial charge in [0.05, 0.1) is 10.5 Å². The summed E-state index contributed by atoms with van der Waals surface area (Å²) in [5.74, 6) is -0.398. The second-order valence-electron chi connectivity index (χ2n) is 6.24. The predicted octanol–water partition coefficient (Wildman–Crippen LogP) is 3.05. The second-order valence-corrected chi connectivity index (χ2v) is 8.98. The summed E-state index contributed by atoms with van der Waals surface area (Å²) in [5.41, 5.74) is 1.49. The third kappa shape index (κ3) is 4.39. The molecule has 0 radical (unpaired) electrons. The van der Waals surface area contributed by atoms with Gasteiger partial charge in [-0.2, -0.15) is 0 Å². The Kier molecular flexibility index (Phi) is 4.85. The van der Waals surface area contributed by atoms with Gasteiger partial charge in [0.25, 0.3) is 5.91 Å². The number of rotatable bonds is 4. The zero-order valence-corrected chi connectivity index (χ0v) is 14.2. The minimum absolute atomic E-state index is 0.0657. The first-order valence-corrected chi connectivity index (χ1v) is 8.88. The van der Waals surface area contributed by atoms with Crippen LogP contribution in [0.2, 0.25) is 0 Å². The molecule has 1 aromatic heterocycles. The van der Waals surface area contributed by atoms with Crippen LogP contribution in [0.3, 0.4) is 0 Å². The van der Waals surface area contributed by atoms with E-state index in [9.17, 15) is 13.2 Å². The highest BCUT2D eigenvalue weighted by molar-refractivity contribution is 7.91. The van der Waals surface area contributed by atoms with Gasteiger partial charge in [0.15, 0.2) is 9.84 Å². The Morgan fingerprint density at radius 1 is 1.13 bits per heavy atom. The first-order chi connectivity index (χ1) is 10.7. The number of carbonyl (C=O) groups excluding carboxylic acids is 1. The number of aromatic nitrogens is 1. The van der Waals surface area contributed by atoms with Crippen LogP contribution in [0.25, 0.3) is 0 Å². The SMILES string of the molecule is CC(C)(C)S(=O)(=O)Cc1cccc(NC(=O)c2ccccn2)c1. The van der Waals surface area contributed by atoms with E-state index in [0.29, 0.717) is 16.9 Å². The molecule has 0 saturated heterocycles. The fourth-order valence-corrected chi connectivity index (χ4v) is 2.92. The van der Waals surface area contributed by atoms with Crippen LogP contribution in [-0.2, 0) is 15.6 Å². The topological polar surface area (TPSA) is 76.1 Å². The van der Waals surface area contributed by atoms with Crippen LogP contribution in [-0.4, -0.2) is 24.1 Å². The van der Waals surface area contributed by atoms with Crippen LogP contribution in [0.5, 0.6) is 0 Å². The van der Waals surface area contributed by atoms with Crippen LogP contribution in [0.4, 0.5) is 5.69 Å². The van der Waals surface area contributed by atoms with Crippen molar-refractivity contribution < 1.29 is 13.2 Å². The molecule has 1 N–H and O–H groups in total. The predicted molar refractivity (Wildman–Crippen MR) is 91.0 cm³/mol. The van der Waals surface area contributed by atoms with Gasteiger partial charge >= 0.3 is 0 Å². The summed E-state index contributed by atoms with van der Waals surface area (Å²) in [6.07, 6.45) is 1.54. The molecule has 6 heteroatoms. The van der Waals surface area contributed by atoms with E-state index in [1.807, 2.05) is 0 Å². The van der Waals surface area contributed by atoms with E-state index >= 15 is 0 Å². The third-order valence-electron chi connectivity index (χ3n) is 3.37. The van der Waals surface area contributed by atoms with Crippen molar-refractivity contribution >= 4 is 21.4 Å². The number of hydrogen-bond acceptors (Lipinski definition) is 4. The zero-order valence-electron chi connectivity index (χ0n) is 13.4. The average Bonchev–Trinajstić information content (AvgIpc) is 2.47. The summed E-state index contributed by atoms with van der Waals surface area (Å²) < 4.78 is 23.7. The van der Waals surface area contributed by atoms with E-state index in [1.165, 1.54) is 0 Å². The molecule has 1 amide bonds. The average molecular weight is 332 g/mol. The second kappa shape index (κ2) is 6.50. The Labute approximate surface area is 136 Å². The van der Waals surface area contributed by atoms with E-state index in [0.717, 1.165) is 0 Å². The van der Waals surface area contributed by atoms with Crippen molar-refractivity contribution in [1.82, 2.24) is 4.98 Å². The summed E-state index contributed by atoms with van der Waals surface area (Å²) in [6, 6.07) is 11.9. The van der Waals surface area contributed by atoms with Gasteiger partial charge in [-0.3, -0.25) is 9.78 Å². The highest BCUT2D eigenvalue weighted by Gasteiger charge is 2.29. The van der Waals surface area contributed by atoms with Crippen LogP contribution >= 0.6 is 0 Å². The van der Waals surface area contributed by atoms with E-state index in [1.54, 1.807) is 69.4 Å². The van der Waals surface area contributed by atoms with Crippen LogP contribution < -0.4 is 5.32 Å². The molecule has 0 aliphatic heterocycles. The van der Waals surface area contributed by atoms with Crippen molar-refractivity contribution in [2.75, 3.05) is 5.32 Å². The number of anilines is 1. The number of nitrogens with zero attached hydrogens (tertiary/aromatic N) is 1. The molecule has 0 fully saturated rings. The normalized spacial score (nSPS) is 12.0. The maximum Gasteiger partial charge on any atom is 0.274 e. The molecule has 0 atom stereocenters. The molecule has 5 nitrogen and oxygen atoms in total. The molecule has 0 bridgehead atoms. The standard InChI is InChI=1S/C17H20N2O3S/c1-17(2,3)23(21,22)12-13-7-6-8-14(11-13)19-16(20)15-9-4-5-10-18-15/h4-11H,12H2,1-3H3,(H,19,20). The first-order valence-electron chi connectivity index (χ1n) is 7.23. The maximum absolute atomic E-state index is 12.3. The quantitative estimate of drug-likeness (QED) is 0.933. The lowest BCUT2D eigenvalue weighted by Crippen LogP contribution is -2.29. The zero-order chi connectivity index (χ0) is 17.1. The van der Waals surface area contributed by atoms with Gasteiger partial charge in [-0.25, -0.2) is 8.42 Å². The largest absolute Gasteiger partial charge is 0.321 e. The Balaban J connectivity index is 2.16. The van der Waals surface area contributed by atoms with Crippen molar-refractivity contribution in [2.24, 2.45) is 0 Å². The molecular formula is C17H20N2O3S. The fourth-order valence-electron chi connectivity index (χ4n) is 1.87. The fraction of sp³-hybridized carbons (Fsp3) is 0.294. The molecule has 2 rings (SSSR count). The van der Waals surface area contributed by atoms with Crippen LogP contribution in [0.1, 0.15) is 36.8 Å². The molecule has 0 aliphatic carbocycles. The number of sulfone groups is 1. The lowest BCUT2D eigenvalue weighted by Gasteiger charge is -2.19. The van der Waals surface area contributed by atoms with E-state index < -0.39 is 14.6 Å². The highest BCUT2D eigenvalue weighted by Crippen LogP contribution is 2.22. The van der Waals surface area contributed by atoms with E-state index in [2.05, 4.69) is 10.3 Å². The number of nitrogens with one attached hydrogen (secondary N) is 1. The van der Waals surface area contributed by atoms with Crippen LogP contribution in [0, 0.1) is 0 Å². The third-order valence-corrected chi connectivity index (χ3v) is 5.95. The summed E-state index contributed by atoms with van der Waals surface area (Å²) in [7, 11) is -3.27. The molecule has 1 heterocycles. The Morgan fingerprint density at radius 2 is 1.87 bits per heavy atom. The molecule has 1 aromatic carbocycles. The van der Waals surface area contributed by atoms with E-state index in [-0.39, 0.29) is 11.7 Å². The molecule has 0 unspecified atom stereocenters. The molecule has 2 aromatic rings. The molecule has 0 saturated carbocycles. The molecule has 0 spiro atoms. The summed E-state index contributed by atoms with van der Waals surface area (Å²) in [5, 5.41) is 2.73. The van der Waals surface area contributed by atoms with Gasteiger partial charge in [0.2, 0.25) is 0 Å². The van der Waals surface area contributed by atoms with Gasteiger partial charge in [-0.15, -0.1) is 0 Å². The number of amides is 1. The summed E-state index contributed by atoms with van der Waals surface area (Å²) in [4.78, 5) is 16.1. The summed E-state index contributed by atoms with van der Waals surface area (Å²) in [6.45, 7) is 5.03. The number of benzene rings is 1. The van der Waals surface area contributed by atoms with Crippen molar-refractivity contribution in [3.63, 3.8) is 0 Å². The van der Waals surface area contributed by atoms with Gasteiger partial charge in [0, 0.05) is 11.9 Å². The maximum atomic E-state index is 12.3. The van der Waals surface area contributed by atoms with E-state index in [4.69, 9.17) is 0 Å². The Hall–Kier alpha value is -2.21. The molecule has 23 heavy (non-hydrogen) atoms. The summed E-state index contributed by atoms with van der Waals surface area (Å²) >= 11 is 0. The molecule has 122 valence electrons. The number of hydrogen-bond donors (Lipinski definition) is 1. The van der Waals surface area contributed by atoms with Gasteiger partial charge in [0.1, 0.15) is 5.69 Å². The van der Waals surface area contributed by atoms with Gasteiger partial charge in [-0.05, 0) is 50.6 Å². The Morgan fingerprint density at radius 3 is 2.48 bits per heavy atom. The van der Waals surface area contributed by atoms with Gasteiger partial charge < -0.3 is 5.32 Å². The smallest absolute Gasteiger partial charge is 0.274 e. The van der Waals surface area contributed by atoms with Crippen LogP contribution in [0.15, 0.2) is 48.7 Å². The number of pyridine rings is 1. The van der Waals surface area contributed by atoms with Crippen molar-refractivity contribution in [2.45, 2.75) is 31.3 Å². The lowest BCUT2D eigenvalue weighted by molar-refractivity contribution is 0.102. The monoisotopic (exact) mass is 332 g/mol. The van der Waals surface area contributed by atoms with Crippen molar-refractivity contribution in [1.29, 1.82) is 0 Å². The minimum Gasteiger partial charge on any atom is -0.321 e. The number of carbonyl (C=O) groups is 1. The minimum atomic E-state index is -3.27. The highest BCUT2D eigenvalue weighted by atomic mass is 32.2. The molecular weight excluding hydrogens is 312 g/mol. The lowest BCUT2D eigenvalue weighted by atomic mass is 10.2. The Bertz CT molecular complexity index is 794. The van der Waals surface area contributed by atoms with Crippen molar-refractivity contribution in [3.8, 4) is 0 Å². The first kappa shape index (κ1) is 17.1. The van der Waals surface area contributed by atoms with Crippen molar-refractivity contribution in [3.05, 3.63) is 59.9 Å². The molecule has 0 aliphatic rings. The van der Waals surface area contributed by atoms with Gasteiger partial charge in [-0.1, -0.05) is 18.2 Å².